The van der Waals surface area contributed by atoms with Crippen molar-refractivity contribution in [3.8, 4) is 40.1 Å². The molecule has 0 saturated heterocycles. The van der Waals surface area contributed by atoms with Gasteiger partial charge >= 0.3 is 0 Å². The fourth-order valence-corrected chi connectivity index (χ4v) is 3.72. The van der Waals surface area contributed by atoms with Crippen LogP contribution in [0.2, 0.25) is 0 Å². The highest BCUT2D eigenvalue weighted by Crippen LogP contribution is 2.44. The molecule has 172 valence electrons. The summed E-state index contributed by atoms with van der Waals surface area (Å²) in [5.41, 5.74) is -0.0133. The van der Waals surface area contributed by atoms with E-state index in [1.165, 1.54) is 6.07 Å². The van der Waals surface area contributed by atoms with E-state index in [4.69, 9.17) is 9.15 Å². The molecule has 0 aliphatic carbocycles. The minimum absolute atomic E-state index is 0.0209. The van der Waals surface area contributed by atoms with Gasteiger partial charge in [-0.15, -0.1) is 0 Å². The van der Waals surface area contributed by atoms with E-state index in [1.807, 2.05) is 13.8 Å². The highest BCUT2D eigenvalue weighted by Gasteiger charge is 2.28. The molecule has 1 aliphatic heterocycles. The Morgan fingerprint density at radius 3 is 2.42 bits per heavy atom. The number of hydrogen-bond donors (Lipinski definition) is 5. The van der Waals surface area contributed by atoms with Crippen LogP contribution >= 0.6 is 0 Å². The zero-order chi connectivity index (χ0) is 24.1. The molecule has 0 fully saturated rings. The van der Waals surface area contributed by atoms with Crippen LogP contribution in [0.5, 0.6) is 28.7 Å². The van der Waals surface area contributed by atoms with E-state index < -0.39 is 28.3 Å². The van der Waals surface area contributed by atoms with Crippen molar-refractivity contribution in [2.24, 2.45) is 0 Å². The summed E-state index contributed by atoms with van der Waals surface area (Å²) in [6.45, 7) is 5.15. The number of aliphatic hydroxyl groups excluding tert-OH is 1. The molecule has 0 amide bonds. The van der Waals surface area contributed by atoms with Gasteiger partial charge in [-0.3, -0.25) is 4.79 Å². The fraction of sp³-hybridized carbons (Fsp3) is 0.240. The maximum Gasteiger partial charge on any atom is 0.200 e. The minimum atomic E-state index is -0.635. The van der Waals surface area contributed by atoms with Crippen LogP contribution in [0.15, 0.2) is 45.1 Å². The molecule has 3 aromatic rings. The third-order valence-electron chi connectivity index (χ3n) is 5.51. The lowest BCUT2D eigenvalue weighted by Gasteiger charge is -2.28. The second-order valence-corrected chi connectivity index (χ2v) is 8.56. The first-order valence-corrected chi connectivity index (χ1v) is 10.3. The number of benzene rings is 2. The lowest BCUT2D eigenvalue weighted by Crippen LogP contribution is -2.27. The van der Waals surface area contributed by atoms with Crippen molar-refractivity contribution < 1.29 is 34.7 Å². The second-order valence-electron chi connectivity index (χ2n) is 8.56. The fourth-order valence-electron chi connectivity index (χ4n) is 3.72. The Labute approximate surface area is 188 Å². The van der Waals surface area contributed by atoms with Gasteiger partial charge in [-0.05, 0) is 45.4 Å². The summed E-state index contributed by atoms with van der Waals surface area (Å²) in [6.07, 6.45) is 5.17. The molecule has 2 heterocycles. The van der Waals surface area contributed by atoms with Crippen molar-refractivity contribution in [2.75, 3.05) is 6.61 Å². The maximum absolute atomic E-state index is 13.6. The van der Waals surface area contributed by atoms with Crippen LogP contribution in [0.3, 0.4) is 0 Å². The Bertz CT molecular complexity index is 1390. The summed E-state index contributed by atoms with van der Waals surface area (Å²) >= 11 is 0. The molecule has 0 radical (unpaired) electrons. The van der Waals surface area contributed by atoms with E-state index >= 15 is 0 Å². The summed E-state index contributed by atoms with van der Waals surface area (Å²) in [5.74, 6) is -1.51. The summed E-state index contributed by atoms with van der Waals surface area (Å²) < 4.78 is 12.0. The van der Waals surface area contributed by atoms with Crippen LogP contribution in [0, 0.1) is 0 Å². The number of rotatable bonds is 4. The smallest absolute Gasteiger partial charge is 0.200 e. The van der Waals surface area contributed by atoms with Crippen molar-refractivity contribution in [3.05, 3.63) is 57.3 Å². The van der Waals surface area contributed by atoms with Crippen LogP contribution in [0.1, 0.15) is 31.9 Å². The Balaban J connectivity index is 2.10. The molecule has 8 nitrogen and oxygen atoms in total. The molecule has 1 aromatic heterocycles. The zero-order valence-electron chi connectivity index (χ0n) is 18.3. The summed E-state index contributed by atoms with van der Waals surface area (Å²) in [5, 5.41) is 50.2. The number of phenols is 4. The van der Waals surface area contributed by atoms with E-state index in [9.17, 15) is 30.3 Å². The number of aromatic hydroxyl groups is 4. The van der Waals surface area contributed by atoms with Crippen molar-refractivity contribution in [3.63, 3.8) is 0 Å². The Kier molecular flexibility index (Phi) is 5.33. The van der Waals surface area contributed by atoms with Gasteiger partial charge in [0.25, 0.3) is 0 Å². The van der Waals surface area contributed by atoms with Crippen molar-refractivity contribution in [1.29, 1.82) is 0 Å². The highest BCUT2D eigenvalue weighted by atomic mass is 16.5. The number of phenolic OH excluding ortho intramolecular Hbond substituents is 4. The lowest BCUT2D eigenvalue weighted by atomic mass is 9.96. The molecule has 0 atom stereocenters. The van der Waals surface area contributed by atoms with Gasteiger partial charge in [-0.2, -0.15) is 0 Å². The third-order valence-corrected chi connectivity index (χ3v) is 5.51. The molecule has 2 aromatic carbocycles. The molecule has 0 saturated carbocycles. The summed E-state index contributed by atoms with van der Waals surface area (Å²) in [4.78, 5) is 13.6. The molecule has 5 N–H and O–H groups in total. The van der Waals surface area contributed by atoms with Gasteiger partial charge < -0.3 is 34.7 Å². The molecule has 0 spiro atoms. The first-order chi connectivity index (χ1) is 15.5. The van der Waals surface area contributed by atoms with Crippen LogP contribution in [0.4, 0.5) is 0 Å². The van der Waals surface area contributed by atoms with E-state index in [2.05, 4.69) is 0 Å². The molecule has 4 rings (SSSR count). The molecule has 0 bridgehead atoms. The number of allylic oxidation sites excluding steroid dienone is 1. The number of ether oxygens (including phenoxy) is 1. The average Bonchev–Trinajstić information content (AvgIpc) is 2.74. The largest absolute Gasteiger partial charge is 0.507 e. The molecular formula is C25H24O8. The molecule has 33 heavy (non-hydrogen) atoms. The van der Waals surface area contributed by atoms with Gasteiger partial charge in [-0.1, -0.05) is 11.6 Å². The Morgan fingerprint density at radius 1 is 1.03 bits per heavy atom. The monoisotopic (exact) mass is 452 g/mol. The van der Waals surface area contributed by atoms with Gasteiger partial charge in [0.1, 0.15) is 34.0 Å². The Hall–Kier alpha value is -3.91. The zero-order valence-corrected chi connectivity index (χ0v) is 18.3. The second kappa shape index (κ2) is 7.90. The normalized spacial score (nSPS) is 14.8. The highest BCUT2D eigenvalue weighted by molar-refractivity contribution is 5.95. The van der Waals surface area contributed by atoms with Crippen LogP contribution in [0.25, 0.3) is 28.4 Å². The maximum atomic E-state index is 13.6. The predicted octanol–water partition coefficient (Wildman–Crippen LogP) is 3.95. The van der Waals surface area contributed by atoms with Gasteiger partial charge in [-0.25, -0.2) is 0 Å². The SMILES string of the molecule is CC(=CCc1c(-c2cc(O)c(O)cc2O)oc2c3c(cc(O)c2c1=O)OC(C)(C)C=C3)CO. The van der Waals surface area contributed by atoms with E-state index in [0.717, 1.165) is 12.1 Å². The minimum Gasteiger partial charge on any atom is -0.507 e. The van der Waals surface area contributed by atoms with Gasteiger partial charge in [0.15, 0.2) is 17.1 Å². The van der Waals surface area contributed by atoms with Crippen molar-refractivity contribution in [1.82, 2.24) is 0 Å². The Morgan fingerprint density at radius 2 is 1.73 bits per heavy atom. The number of fused-ring (bicyclic) bond motifs is 3. The van der Waals surface area contributed by atoms with Crippen molar-refractivity contribution >= 4 is 17.0 Å². The molecule has 1 aliphatic rings. The molecule has 0 unspecified atom stereocenters. The van der Waals surface area contributed by atoms with Gasteiger partial charge in [0.05, 0.1) is 17.7 Å². The van der Waals surface area contributed by atoms with Gasteiger partial charge in [0.2, 0.25) is 5.43 Å². The van der Waals surface area contributed by atoms with E-state index in [1.54, 1.807) is 25.2 Å². The van der Waals surface area contributed by atoms with Gasteiger partial charge in [0, 0.05) is 17.7 Å². The van der Waals surface area contributed by atoms with Crippen molar-refractivity contribution in [2.45, 2.75) is 32.8 Å². The number of aliphatic hydroxyl groups is 1. The predicted molar refractivity (Wildman–Crippen MR) is 123 cm³/mol. The standard InChI is InChI=1S/C25H24O8/c1-12(11-26)4-5-14-22(31)21-19(30)10-20-13(6-7-25(2,3)33-20)24(21)32-23(14)15-8-17(28)18(29)9-16(15)27/h4,6-10,26-30H,5,11H2,1-3H3. The first-order valence-electron chi connectivity index (χ1n) is 10.3. The third kappa shape index (κ3) is 3.89. The van der Waals surface area contributed by atoms with Crippen LogP contribution in [-0.2, 0) is 6.42 Å². The summed E-state index contributed by atoms with van der Waals surface area (Å²) in [7, 11) is 0. The van der Waals surface area contributed by atoms with Crippen LogP contribution in [-0.4, -0.2) is 37.7 Å². The average molecular weight is 452 g/mol. The first kappa shape index (κ1) is 22.3. The van der Waals surface area contributed by atoms with E-state index in [-0.39, 0.29) is 46.6 Å². The number of hydrogen-bond acceptors (Lipinski definition) is 8. The molecular weight excluding hydrogens is 428 g/mol. The quantitative estimate of drug-likeness (QED) is 0.228. The van der Waals surface area contributed by atoms with E-state index in [0.29, 0.717) is 16.9 Å². The molecule has 8 heteroatoms. The summed E-state index contributed by atoms with van der Waals surface area (Å²) in [6, 6.07) is 3.39. The lowest BCUT2D eigenvalue weighted by molar-refractivity contribution is 0.158. The van der Waals surface area contributed by atoms with Crippen LogP contribution < -0.4 is 10.2 Å². The topological polar surface area (TPSA) is 141 Å².